The molecule has 2 aromatic rings. The summed E-state index contributed by atoms with van der Waals surface area (Å²) in [4.78, 5) is 2.09. The lowest BCUT2D eigenvalue weighted by Crippen LogP contribution is -2.38. The van der Waals surface area contributed by atoms with E-state index in [4.69, 9.17) is 5.11 Å². The number of fused-ring (bicyclic) bond motifs is 1. The minimum absolute atomic E-state index is 0.208. The molecular formula is C14H18N4O2. The van der Waals surface area contributed by atoms with Crippen LogP contribution in [0, 0.1) is 0 Å². The van der Waals surface area contributed by atoms with Gasteiger partial charge < -0.3 is 10.2 Å². The highest BCUT2D eigenvalue weighted by Gasteiger charge is 2.23. The third-order valence-corrected chi connectivity index (χ3v) is 3.56. The molecule has 6 nitrogen and oxygen atoms in total. The highest BCUT2D eigenvalue weighted by Crippen LogP contribution is 2.19. The number of benzene rings is 1. The van der Waals surface area contributed by atoms with Crippen molar-refractivity contribution in [3.05, 3.63) is 41.7 Å². The summed E-state index contributed by atoms with van der Waals surface area (Å²) in [5.74, 6) is 0. The van der Waals surface area contributed by atoms with E-state index < -0.39 is 6.10 Å². The summed E-state index contributed by atoms with van der Waals surface area (Å²) in [6.45, 7) is 1.76. The van der Waals surface area contributed by atoms with Crippen molar-refractivity contribution in [2.24, 2.45) is 0 Å². The van der Waals surface area contributed by atoms with Gasteiger partial charge in [-0.3, -0.25) is 4.90 Å². The zero-order valence-corrected chi connectivity index (χ0v) is 11.2. The molecule has 0 saturated carbocycles. The van der Waals surface area contributed by atoms with Crippen LogP contribution in [0.4, 0.5) is 0 Å². The maximum absolute atomic E-state index is 9.51. The molecule has 3 rings (SSSR count). The predicted molar refractivity (Wildman–Crippen MR) is 73.4 cm³/mol. The van der Waals surface area contributed by atoms with Gasteiger partial charge in [-0.05, 0) is 12.1 Å². The summed E-state index contributed by atoms with van der Waals surface area (Å²) in [6.07, 6.45) is 0.149. The Morgan fingerprint density at radius 2 is 2.05 bits per heavy atom. The maximum atomic E-state index is 9.51. The van der Waals surface area contributed by atoms with Crippen LogP contribution in [-0.2, 0) is 13.0 Å². The van der Waals surface area contributed by atoms with Crippen LogP contribution in [0.1, 0.15) is 11.4 Å². The monoisotopic (exact) mass is 274 g/mol. The summed E-state index contributed by atoms with van der Waals surface area (Å²) in [6, 6.07) is 9.96. The minimum atomic E-state index is -0.694. The van der Waals surface area contributed by atoms with E-state index in [9.17, 15) is 5.11 Å². The van der Waals surface area contributed by atoms with E-state index in [0.717, 1.165) is 30.0 Å². The molecule has 0 spiro atoms. The van der Waals surface area contributed by atoms with Crippen LogP contribution < -0.4 is 0 Å². The molecule has 1 aliphatic heterocycles. The van der Waals surface area contributed by atoms with Crippen molar-refractivity contribution < 1.29 is 10.2 Å². The molecule has 0 aliphatic carbocycles. The van der Waals surface area contributed by atoms with Crippen molar-refractivity contribution in [1.82, 2.24) is 19.9 Å². The third-order valence-electron chi connectivity index (χ3n) is 3.56. The van der Waals surface area contributed by atoms with Crippen molar-refractivity contribution in [1.29, 1.82) is 0 Å². The number of nitrogens with zero attached hydrogens (tertiary/aromatic N) is 4. The molecule has 2 heterocycles. The second-order valence-corrected chi connectivity index (χ2v) is 5.05. The molecule has 1 aromatic heterocycles. The molecule has 1 aliphatic rings. The van der Waals surface area contributed by atoms with Gasteiger partial charge in [-0.1, -0.05) is 23.4 Å². The van der Waals surface area contributed by atoms with Gasteiger partial charge in [-0.25, -0.2) is 4.68 Å². The van der Waals surface area contributed by atoms with Gasteiger partial charge in [0.1, 0.15) is 5.69 Å². The first-order valence-corrected chi connectivity index (χ1v) is 6.78. The van der Waals surface area contributed by atoms with Gasteiger partial charge >= 0.3 is 0 Å². The number of hydrogen-bond acceptors (Lipinski definition) is 5. The van der Waals surface area contributed by atoms with E-state index >= 15 is 0 Å². The fourth-order valence-electron chi connectivity index (χ4n) is 2.55. The second-order valence-electron chi connectivity index (χ2n) is 5.05. The molecule has 2 N–H and O–H groups in total. The Morgan fingerprint density at radius 3 is 2.80 bits per heavy atom. The van der Waals surface area contributed by atoms with Crippen LogP contribution in [0.5, 0.6) is 0 Å². The van der Waals surface area contributed by atoms with Crippen molar-refractivity contribution >= 4 is 0 Å². The van der Waals surface area contributed by atoms with Crippen LogP contribution >= 0.6 is 0 Å². The maximum Gasteiger partial charge on any atom is 0.100 e. The van der Waals surface area contributed by atoms with Gasteiger partial charge in [-0.15, -0.1) is 5.10 Å². The van der Waals surface area contributed by atoms with Gasteiger partial charge in [0, 0.05) is 26.1 Å². The Morgan fingerprint density at radius 1 is 1.25 bits per heavy atom. The summed E-state index contributed by atoms with van der Waals surface area (Å²) in [7, 11) is 0. The summed E-state index contributed by atoms with van der Waals surface area (Å²) in [5, 5.41) is 26.9. The topological polar surface area (TPSA) is 74.4 Å². The molecule has 0 unspecified atom stereocenters. The van der Waals surface area contributed by atoms with E-state index in [1.807, 2.05) is 35.0 Å². The van der Waals surface area contributed by atoms with Gasteiger partial charge in [0.25, 0.3) is 0 Å². The lowest BCUT2D eigenvalue weighted by Gasteiger charge is -2.27. The van der Waals surface area contributed by atoms with Crippen molar-refractivity contribution in [3.8, 4) is 5.69 Å². The first-order valence-electron chi connectivity index (χ1n) is 6.78. The summed E-state index contributed by atoms with van der Waals surface area (Å²) in [5.41, 5.74) is 3.10. The number of para-hydroxylation sites is 1. The number of aliphatic hydroxyl groups excluding tert-OH is 2. The third kappa shape index (κ3) is 2.58. The average Bonchev–Trinajstić information content (AvgIpc) is 2.91. The van der Waals surface area contributed by atoms with Crippen LogP contribution in [0.3, 0.4) is 0 Å². The number of aliphatic hydroxyl groups is 2. The standard InChI is InChI=1S/C14H18N4O2/c19-10-12(20)8-17-7-6-14-13(9-17)15-16-18(14)11-4-2-1-3-5-11/h1-5,12,19-20H,6-10H2/t12-/m0/s1. The molecule has 0 saturated heterocycles. The van der Waals surface area contributed by atoms with Crippen LogP contribution in [0.25, 0.3) is 5.69 Å². The lowest BCUT2D eigenvalue weighted by molar-refractivity contribution is 0.0545. The summed E-state index contributed by atoms with van der Waals surface area (Å²) < 4.78 is 1.88. The molecule has 106 valence electrons. The second kappa shape index (κ2) is 5.70. The fraction of sp³-hybridized carbons (Fsp3) is 0.429. The van der Waals surface area contributed by atoms with Gasteiger partial charge in [0.2, 0.25) is 0 Å². The van der Waals surface area contributed by atoms with Crippen LogP contribution in [0.15, 0.2) is 30.3 Å². The molecule has 0 radical (unpaired) electrons. The molecule has 0 fully saturated rings. The van der Waals surface area contributed by atoms with Crippen molar-refractivity contribution in [2.75, 3.05) is 19.7 Å². The molecule has 1 atom stereocenters. The first-order chi connectivity index (χ1) is 9.78. The van der Waals surface area contributed by atoms with E-state index in [2.05, 4.69) is 15.2 Å². The smallest absolute Gasteiger partial charge is 0.100 e. The Kier molecular flexibility index (Phi) is 3.77. The van der Waals surface area contributed by atoms with Crippen molar-refractivity contribution in [3.63, 3.8) is 0 Å². The normalized spacial score (nSPS) is 16.9. The zero-order valence-electron chi connectivity index (χ0n) is 11.2. The molecule has 0 bridgehead atoms. The Balaban J connectivity index is 1.79. The minimum Gasteiger partial charge on any atom is -0.394 e. The summed E-state index contributed by atoms with van der Waals surface area (Å²) >= 11 is 0. The molecule has 6 heteroatoms. The van der Waals surface area contributed by atoms with Crippen LogP contribution in [0.2, 0.25) is 0 Å². The number of β-amino-alcohol motifs (C(OH)–C–C–N with tert-alkyl or cyclic N) is 1. The zero-order chi connectivity index (χ0) is 13.9. The Labute approximate surface area is 117 Å². The Bertz CT molecular complexity index is 570. The molecule has 1 aromatic carbocycles. The first kappa shape index (κ1) is 13.2. The van der Waals surface area contributed by atoms with Gasteiger partial charge in [0.15, 0.2) is 0 Å². The molecule has 0 amide bonds. The van der Waals surface area contributed by atoms with Crippen molar-refractivity contribution in [2.45, 2.75) is 19.1 Å². The largest absolute Gasteiger partial charge is 0.394 e. The van der Waals surface area contributed by atoms with Gasteiger partial charge in [-0.2, -0.15) is 0 Å². The molecular weight excluding hydrogens is 256 g/mol. The van der Waals surface area contributed by atoms with Crippen LogP contribution in [-0.4, -0.2) is 55.9 Å². The number of hydrogen-bond donors (Lipinski definition) is 2. The average molecular weight is 274 g/mol. The number of rotatable bonds is 4. The van der Waals surface area contributed by atoms with E-state index in [-0.39, 0.29) is 6.61 Å². The fourth-order valence-corrected chi connectivity index (χ4v) is 2.55. The highest BCUT2D eigenvalue weighted by atomic mass is 16.3. The Hall–Kier alpha value is -1.76. The van der Waals surface area contributed by atoms with E-state index in [1.54, 1.807) is 0 Å². The SMILES string of the molecule is OC[C@@H](O)CN1CCc2c(nnn2-c2ccccc2)C1. The number of aromatic nitrogens is 3. The highest BCUT2D eigenvalue weighted by molar-refractivity contribution is 5.33. The molecule has 20 heavy (non-hydrogen) atoms. The quantitative estimate of drug-likeness (QED) is 0.819. The van der Waals surface area contributed by atoms with E-state index in [1.165, 1.54) is 0 Å². The van der Waals surface area contributed by atoms with Gasteiger partial charge in [0.05, 0.1) is 24.1 Å². The lowest BCUT2D eigenvalue weighted by atomic mass is 10.1. The predicted octanol–water partition coefficient (Wildman–Crippen LogP) is -0.0214. The van der Waals surface area contributed by atoms with E-state index in [0.29, 0.717) is 13.1 Å².